The lowest BCUT2D eigenvalue weighted by Gasteiger charge is -2.09. The molecule has 0 atom stereocenters. The Balaban J connectivity index is 1.58. The van der Waals surface area contributed by atoms with E-state index in [1.165, 1.54) is 22.2 Å². The van der Waals surface area contributed by atoms with Crippen molar-refractivity contribution in [3.8, 4) is 22.1 Å². The number of nitrogen functional groups attached to an aromatic ring is 1. The van der Waals surface area contributed by atoms with Crippen LogP contribution < -0.4 is 21.0 Å². The van der Waals surface area contributed by atoms with Crippen molar-refractivity contribution in [1.29, 1.82) is 0 Å². The number of ether oxygens (including phenoxy) is 1. The van der Waals surface area contributed by atoms with Gasteiger partial charge in [-0.1, -0.05) is 23.4 Å². The number of hydrazone groups is 1. The molecule has 162 valence electrons. The Morgan fingerprint density at radius 3 is 2.84 bits per heavy atom. The molecule has 0 radical (unpaired) electrons. The summed E-state index contributed by atoms with van der Waals surface area (Å²) in [6, 6.07) is 10.1. The monoisotopic (exact) mass is 453 g/mol. The highest BCUT2D eigenvalue weighted by atomic mass is 32.1. The maximum absolute atomic E-state index is 12.8. The zero-order chi connectivity index (χ0) is 22.5. The third-order valence-electron chi connectivity index (χ3n) is 3.97. The molecule has 3 aromatic heterocycles. The first-order chi connectivity index (χ1) is 15.5. The zero-order valence-corrected chi connectivity index (χ0v) is 16.9. The molecule has 4 rings (SSSR count). The molecule has 0 bridgehead atoms. The zero-order valence-electron chi connectivity index (χ0n) is 16.0. The second kappa shape index (κ2) is 9.05. The second-order valence-electron chi connectivity index (χ2n) is 6.05. The van der Waals surface area contributed by atoms with Gasteiger partial charge in [-0.3, -0.25) is 4.79 Å². The van der Waals surface area contributed by atoms with E-state index >= 15 is 0 Å². The molecule has 3 N–H and O–H groups in total. The van der Waals surface area contributed by atoms with Crippen molar-refractivity contribution in [2.45, 2.75) is 0 Å². The first-order valence-corrected chi connectivity index (χ1v) is 9.75. The number of para-hydroxylation sites is 1. The van der Waals surface area contributed by atoms with Crippen LogP contribution in [0.15, 0.2) is 51.5 Å². The van der Waals surface area contributed by atoms with Crippen molar-refractivity contribution in [3.63, 3.8) is 0 Å². The number of aliphatic carboxylic acids is 1. The summed E-state index contributed by atoms with van der Waals surface area (Å²) in [5, 5.41) is 31.5. The fourth-order valence-electron chi connectivity index (χ4n) is 2.62. The fourth-order valence-corrected chi connectivity index (χ4v) is 3.38. The Bertz CT molecular complexity index is 1280. The van der Waals surface area contributed by atoms with Gasteiger partial charge in [0.05, 0.1) is 17.1 Å². The lowest BCUT2D eigenvalue weighted by molar-refractivity contribution is -0.307. The van der Waals surface area contributed by atoms with Gasteiger partial charge in [0.1, 0.15) is 18.1 Å². The number of rotatable bonds is 8. The van der Waals surface area contributed by atoms with Crippen LogP contribution in [0.1, 0.15) is 16.1 Å². The number of amides is 1. The molecule has 0 saturated carbocycles. The highest BCUT2D eigenvalue weighted by Gasteiger charge is 2.25. The van der Waals surface area contributed by atoms with Gasteiger partial charge >= 0.3 is 0 Å². The Morgan fingerprint density at radius 2 is 2.12 bits per heavy atom. The van der Waals surface area contributed by atoms with Gasteiger partial charge in [-0.15, -0.1) is 16.4 Å². The summed E-state index contributed by atoms with van der Waals surface area (Å²) in [4.78, 5) is 24.1. The molecule has 0 aliphatic heterocycles. The number of carboxylic acid groups (broad SMARTS) is 1. The molecule has 3 heterocycles. The molecule has 0 aliphatic rings. The van der Waals surface area contributed by atoms with Crippen molar-refractivity contribution in [2.24, 2.45) is 5.10 Å². The van der Waals surface area contributed by atoms with E-state index < -0.39 is 18.5 Å². The van der Waals surface area contributed by atoms with Gasteiger partial charge in [-0.05, 0) is 33.9 Å². The molecule has 4 aromatic rings. The van der Waals surface area contributed by atoms with Gasteiger partial charge in [0.2, 0.25) is 11.6 Å². The lowest BCUT2D eigenvalue weighted by atomic mass is 10.2. The van der Waals surface area contributed by atoms with Crippen LogP contribution >= 0.6 is 11.3 Å². The van der Waals surface area contributed by atoms with Crippen molar-refractivity contribution in [3.05, 3.63) is 53.0 Å². The number of benzene rings is 1. The number of nitrogens with zero attached hydrogens (tertiary/aromatic N) is 6. The van der Waals surface area contributed by atoms with Crippen LogP contribution in [-0.2, 0) is 4.79 Å². The average molecular weight is 453 g/mol. The summed E-state index contributed by atoms with van der Waals surface area (Å²) in [5.41, 5.74) is 8.85. The molecule has 0 spiro atoms. The first kappa shape index (κ1) is 20.7. The summed E-state index contributed by atoms with van der Waals surface area (Å²) in [6.45, 7) is -0.621. The van der Waals surface area contributed by atoms with Crippen LogP contribution in [0.2, 0.25) is 0 Å². The van der Waals surface area contributed by atoms with Gasteiger partial charge in [0.15, 0.2) is 5.69 Å². The van der Waals surface area contributed by atoms with E-state index in [0.717, 1.165) is 0 Å². The van der Waals surface area contributed by atoms with E-state index in [2.05, 4.69) is 35.8 Å². The number of anilines is 1. The molecule has 0 aliphatic carbocycles. The first-order valence-electron chi connectivity index (χ1n) is 8.87. The quantitative estimate of drug-likeness (QED) is 0.268. The highest BCUT2D eigenvalue weighted by molar-refractivity contribution is 7.13. The molecular weight excluding hydrogens is 440 g/mol. The van der Waals surface area contributed by atoms with Crippen LogP contribution in [0.3, 0.4) is 0 Å². The number of aromatic nitrogens is 5. The molecule has 1 amide bonds. The molecular formula is C18H13N8O5S-. The van der Waals surface area contributed by atoms with E-state index in [1.807, 2.05) is 5.38 Å². The van der Waals surface area contributed by atoms with E-state index in [4.69, 9.17) is 10.5 Å². The van der Waals surface area contributed by atoms with Gasteiger partial charge in [0, 0.05) is 5.56 Å². The number of nitrogens with two attached hydrogens (primary N) is 1. The largest absolute Gasteiger partial charge is 0.546 e. The standard InChI is InChI=1S/C18H14N8O5S/c19-16-17(24-31-23-16)26-15(12-6-3-7-32-12)14(21-25-26)18(29)22-20-8-10-4-1-2-5-11(10)30-9-13(27)28/h1-8H,9H2,(H2,19,23)(H,22,29)(H,27,28)/p-1/b20-8-. The topological polar surface area (TPSA) is 186 Å². The summed E-state index contributed by atoms with van der Waals surface area (Å²) in [5.74, 6) is -1.70. The van der Waals surface area contributed by atoms with Crippen LogP contribution in [0, 0.1) is 0 Å². The Hall–Kier alpha value is -4.59. The number of hydrogen-bond donors (Lipinski definition) is 2. The number of carbonyl (C=O) groups is 2. The van der Waals surface area contributed by atoms with Crippen molar-refractivity contribution in [2.75, 3.05) is 12.3 Å². The van der Waals surface area contributed by atoms with E-state index in [1.54, 1.807) is 36.4 Å². The third kappa shape index (κ3) is 4.29. The number of carboxylic acids is 1. The molecule has 13 nitrogen and oxygen atoms in total. The Kier molecular flexibility index (Phi) is 5.85. The molecule has 32 heavy (non-hydrogen) atoms. The van der Waals surface area contributed by atoms with Gasteiger partial charge < -0.3 is 20.4 Å². The van der Waals surface area contributed by atoms with Gasteiger partial charge in [0.25, 0.3) is 5.91 Å². The molecule has 0 unspecified atom stereocenters. The summed E-state index contributed by atoms with van der Waals surface area (Å²) in [7, 11) is 0. The van der Waals surface area contributed by atoms with Gasteiger partial charge in [-0.2, -0.15) is 9.78 Å². The van der Waals surface area contributed by atoms with Crippen LogP contribution in [0.4, 0.5) is 5.82 Å². The molecule has 14 heteroatoms. The fraction of sp³-hybridized carbons (Fsp3) is 0.0556. The smallest absolute Gasteiger partial charge is 0.294 e. The maximum Gasteiger partial charge on any atom is 0.294 e. The van der Waals surface area contributed by atoms with Crippen LogP contribution in [0.25, 0.3) is 16.4 Å². The minimum absolute atomic E-state index is 0.0224. The third-order valence-corrected chi connectivity index (χ3v) is 4.85. The van der Waals surface area contributed by atoms with Gasteiger partial charge in [-0.25, -0.2) is 10.1 Å². The number of hydrogen-bond acceptors (Lipinski definition) is 12. The minimum atomic E-state index is -1.36. The predicted molar refractivity (Wildman–Crippen MR) is 109 cm³/mol. The number of thiophene rings is 1. The van der Waals surface area contributed by atoms with E-state index in [-0.39, 0.29) is 23.1 Å². The minimum Gasteiger partial charge on any atom is -0.546 e. The van der Waals surface area contributed by atoms with Crippen molar-refractivity contribution >= 4 is 35.2 Å². The Morgan fingerprint density at radius 1 is 1.28 bits per heavy atom. The van der Waals surface area contributed by atoms with Crippen molar-refractivity contribution in [1.82, 2.24) is 30.7 Å². The summed E-state index contributed by atoms with van der Waals surface area (Å²) >= 11 is 1.35. The molecule has 0 fully saturated rings. The van der Waals surface area contributed by atoms with Crippen LogP contribution in [0.5, 0.6) is 5.75 Å². The maximum atomic E-state index is 12.8. The Labute approximate surface area is 183 Å². The van der Waals surface area contributed by atoms with E-state index in [0.29, 0.717) is 16.1 Å². The number of nitrogens with one attached hydrogen (secondary N) is 1. The van der Waals surface area contributed by atoms with E-state index in [9.17, 15) is 14.7 Å². The average Bonchev–Trinajstić information content (AvgIpc) is 3.52. The second-order valence-corrected chi connectivity index (χ2v) is 6.99. The predicted octanol–water partition coefficient (Wildman–Crippen LogP) is -0.146. The summed E-state index contributed by atoms with van der Waals surface area (Å²) < 4.78 is 11.0. The van der Waals surface area contributed by atoms with Crippen LogP contribution in [-0.4, -0.2) is 50.0 Å². The molecule has 0 saturated heterocycles. The number of carbonyl (C=O) groups excluding carboxylic acids is 2. The lowest BCUT2D eigenvalue weighted by Crippen LogP contribution is -2.29. The molecule has 1 aromatic carbocycles. The highest BCUT2D eigenvalue weighted by Crippen LogP contribution is 2.29. The SMILES string of the molecule is Nc1nonc1-n1nnc(C(=O)N/N=C\c2ccccc2OCC(=O)[O-])c1-c1cccs1. The van der Waals surface area contributed by atoms with Crippen molar-refractivity contribution < 1.29 is 24.1 Å². The normalized spacial score (nSPS) is 11.0. The summed E-state index contributed by atoms with van der Waals surface area (Å²) in [6.07, 6.45) is 1.30.